The summed E-state index contributed by atoms with van der Waals surface area (Å²) in [6, 6.07) is 1.45. The topological polar surface area (TPSA) is 117 Å². The molecule has 1 amide bonds. The van der Waals surface area contributed by atoms with Crippen LogP contribution in [-0.4, -0.2) is 49.0 Å². The van der Waals surface area contributed by atoms with E-state index in [1.807, 2.05) is 0 Å². The SMILES string of the molecule is CCC(C)(C)CSc1cc(O)c(C(=O)NCC(=O)O)c2ncnn12. The third-order valence-electron chi connectivity index (χ3n) is 3.69. The summed E-state index contributed by atoms with van der Waals surface area (Å²) in [5.41, 5.74) is 0.215. The molecule has 8 nitrogen and oxygen atoms in total. The van der Waals surface area contributed by atoms with Gasteiger partial charge in [0, 0.05) is 11.8 Å². The summed E-state index contributed by atoms with van der Waals surface area (Å²) >= 11 is 1.51. The molecule has 0 saturated carbocycles. The molecule has 0 aliphatic heterocycles. The Bertz CT molecular complexity index is 772. The monoisotopic (exact) mass is 352 g/mol. The Kier molecular flexibility index (Phi) is 5.33. The fourth-order valence-electron chi connectivity index (χ4n) is 1.87. The summed E-state index contributed by atoms with van der Waals surface area (Å²) in [7, 11) is 0. The fourth-order valence-corrected chi connectivity index (χ4v) is 3.07. The number of fused-ring (bicyclic) bond motifs is 1. The van der Waals surface area contributed by atoms with E-state index in [1.165, 1.54) is 28.7 Å². The van der Waals surface area contributed by atoms with Gasteiger partial charge in [-0.25, -0.2) is 9.50 Å². The standard InChI is InChI=1S/C15H20N4O4S/c1-4-15(2,3)7-24-10-5-9(20)12(13-17-8-18-19(10)13)14(23)16-6-11(21)22/h5,8,20H,4,6-7H2,1-3H3,(H,16,23)(H,21,22). The van der Waals surface area contributed by atoms with Crippen molar-refractivity contribution in [2.24, 2.45) is 5.41 Å². The quantitative estimate of drug-likeness (QED) is 0.650. The van der Waals surface area contributed by atoms with Gasteiger partial charge in [-0.1, -0.05) is 27.2 Å². The maximum Gasteiger partial charge on any atom is 0.322 e. The van der Waals surface area contributed by atoms with Gasteiger partial charge in [0.15, 0.2) is 5.65 Å². The number of aromatic nitrogens is 3. The van der Waals surface area contributed by atoms with Gasteiger partial charge in [0.05, 0.1) is 0 Å². The van der Waals surface area contributed by atoms with E-state index in [2.05, 4.69) is 36.2 Å². The van der Waals surface area contributed by atoms with Crippen LogP contribution in [0, 0.1) is 5.41 Å². The number of nitrogens with zero attached hydrogens (tertiary/aromatic N) is 3. The molecule has 0 spiro atoms. The molecule has 0 aromatic carbocycles. The number of carbonyl (C=O) groups is 2. The van der Waals surface area contributed by atoms with Crippen molar-refractivity contribution in [3.63, 3.8) is 0 Å². The second kappa shape index (κ2) is 7.08. The van der Waals surface area contributed by atoms with Gasteiger partial charge in [0.25, 0.3) is 5.91 Å². The predicted molar refractivity (Wildman–Crippen MR) is 89.4 cm³/mol. The van der Waals surface area contributed by atoms with Gasteiger partial charge in [-0.05, 0) is 5.41 Å². The summed E-state index contributed by atoms with van der Waals surface area (Å²) in [6.07, 6.45) is 2.29. The molecule has 0 radical (unpaired) electrons. The summed E-state index contributed by atoms with van der Waals surface area (Å²) in [4.78, 5) is 26.7. The minimum atomic E-state index is -1.17. The zero-order chi connectivity index (χ0) is 17.9. The van der Waals surface area contributed by atoms with Crippen LogP contribution in [0.5, 0.6) is 5.75 Å². The number of pyridine rings is 1. The Morgan fingerprint density at radius 2 is 2.12 bits per heavy atom. The second-order valence-corrected chi connectivity index (χ2v) is 7.12. The summed E-state index contributed by atoms with van der Waals surface area (Å²) in [5.74, 6) is -1.33. The fraction of sp³-hybridized carbons (Fsp3) is 0.467. The van der Waals surface area contributed by atoms with Crippen LogP contribution < -0.4 is 5.32 Å². The highest BCUT2D eigenvalue weighted by molar-refractivity contribution is 7.99. The van der Waals surface area contributed by atoms with Crippen LogP contribution in [0.2, 0.25) is 0 Å². The second-order valence-electron chi connectivity index (χ2n) is 6.12. The van der Waals surface area contributed by atoms with E-state index in [1.54, 1.807) is 0 Å². The van der Waals surface area contributed by atoms with Crippen molar-refractivity contribution in [1.29, 1.82) is 0 Å². The third kappa shape index (κ3) is 3.97. The van der Waals surface area contributed by atoms with E-state index in [9.17, 15) is 14.7 Å². The zero-order valence-corrected chi connectivity index (χ0v) is 14.6. The van der Waals surface area contributed by atoms with E-state index in [4.69, 9.17) is 5.11 Å². The van der Waals surface area contributed by atoms with E-state index < -0.39 is 18.4 Å². The van der Waals surface area contributed by atoms with Gasteiger partial charge in [0.1, 0.15) is 29.2 Å². The highest BCUT2D eigenvalue weighted by Crippen LogP contribution is 2.33. The van der Waals surface area contributed by atoms with Gasteiger partial charge in [-0.3, -0.25) is 9.59 Å². The highest BCUT2D eigenvalue weighted by atomic mass is 32.2. The first kappa shape index (κ1) is 18.1. The summed E-state index contributed by atoms with van der Waals surface area (Å²) < 4.78 is 1.48. The highest BCUT2D eigenvalue weighted by Gasteiger charge is 2.22. The first-order valence-corrected chi connectivity index (χ1v) is 8.42. The van der Waals surface area contributed by atoms with Crippen molar-refractivity contribution in [1.82, 2.24) is 19.9 Å². The number of nitrogens with one attached hydrogen (secondary N) is 1. The number of carboxylic acid groups (broad SMARTS) is 1. The Labute approximate surface area is 143 Å². The van der Waals surface area contributed by atoms with Gasteiger partial charge in [-0.15, -0.1) is 11.8 Å². The summed E-state index contributed by atoms with van der Waals surface area (Å²) in [6.45, 7) is 5.86. The number of aromatic hydroxyl groups is 1. The van der Waals surface area contributed by atoms with Crippen LogP contribution in [0.15, 0.2) is 17.4 Å². The van der Waals surface area contributed by atoms with Crippen LogP contribution in [-0.2, 0) is 4.79 Å². The molecule has 9 heteroatoms. The third-order valence-corrected chi connectivity index (χ3v) is 5.20. The molecule has 0 saturated heterocycles. The first-order chi connectivity index (χ1) is 11.2. The number of carboxylic acids is 1. The normalized spacial score (nSPS) is 11.6. The van der Waals surface area contributed by atoms with Crippen LogP contribution in [0.3, 0.4) is 0 Å². The molecule has 0 atom stereocenters. The Balaban J connectivity index is 2.35. The Hall–Kier alpha value is -2.29. The van der Waals surface area contributed by atoms with Crippen LogP contribution in [0.1, 0.15) is 37.6 Å². The molecule has 2 rings (SSSR count). The van der Waals surface area contributed by atoms with Crippen molar-refractivity contribution in [2.45, 2.75) is 32.2 Å². The molecule has 130 valence electrons. The molecule has 3 N–H and O–H groups in total. The lowest BCUT2D eigenvalue weighted by atomic mass is 9.93. The average molecular weight is 352 g/mol. The number of aliphatic carboxylic acids is 1. The van der Waals surface area contributed by atoms with Gasteiger partial charge in [-0.2, -0.15) is 5.10 Å². The van der Waals surface area contributed by atoms with E-state index in [0.29, 0.717) is 5.03 Å². The number of carbonyl (C=O) groups excluding carboxylic acids is 1. The van der Waals surface area contributed by atoms with Crippen LogP contribution in [0.25, 0.3) is 5.65 Å². The lowest BCUT2D eigenvalue weighted by Gasteiger charge is -2.22. The van der Waals surface area contributed by atoms with E-state index in [0.717, 1.165) is 12.2 Å². The molecule has 0 aliphatic carbocycles. The van der Waals surface area contributed by atoms with Crippen LogP contribution in [0.4, 0.5) is 0 Å². The number of amides is 1. The van der Waals surface area contributed by atoms with Gasteiger partial charge < -0.3 is 15.5 Å². The maximum absolute atomic E-state index is 12.1. The van der Waals surface area contributed by atoms with Crippen molar-refractivity contribution in [2.75, 3.05) is 12.3 Å². The minimum Gasteiger partial charge on any atom is -0.507 e. The lowest BCUT2D eigenvalue weighted by molar-refractivity contribution is -0.135. The number of hydrogen-bond acceptors (Lipinski definition) is 6. The zero-order valence-electron chi connectivity index (χ0n) is 13.7. The van der Waals surface area contributed by atoms with Crippen molar-refractivity contribution in [3.8, 4) is 5.75 Å². The molecule has 0 aliphatic rings. The largest absolute Gasteiger partial charge is 0.507 e. The molecule has 2 heterocycles. The maximum atomic E-state index is 12.1. The molecule has 24 heavy (non-hydrogen) atoms. The van der Waals surface area contributed by atoms with Crippen LogP contribution >= 0.6 is 11.8 Å². The Morgan fingerprint density at radius 1 is 1.42 bits per heavy atom. The smallest absolute Gasteiger partial charge is 0.322 e. The molecule has 0 fully saturated rings. The predicted octanol–water partition coefficient (Wildman–Crippen LogP) is 1.78. The van der Waals surface area contributed by atoms with Crippen molar-refractivity contribution < 1.29 is 19.8 Å². The molecule has 2 aromatic heterocycles. The van der Waals surface area contributed by atoms with E-state index >= 15 is 0 Å². The van der Waals surface area contributed by atoms with Crippen molar-refractivity contribution >= 4 is 29.3 Å². The molecular formula is C15H20N4O4S. The summed E-state index contributed by atoms with van der Waals surface area (Å²) in [5, 5.41) is 25.9. The lowest BCUT2D eigenvalue weighted by Crippen LogP contribution is -2.29. The van der Waals surface area contributed by atoms with Gasteiger partial charge >= 0.3 is 5.97 Å². The van der Waals surface area contributed by atoms with E-state index in [-0.39, 0.29) is 22.4 Å². The molecule has 2 aromatic rings. The first-order valence-electron chi connectivity index (χ1n) is 7.43. The Morgan fingerprint density at radius 3 is 2.75 bits per heavy atom. The number of rotatable bonds is 7. The average Bonchev–Trinajstić information content (AvgIpc) is 2.99. The number of thioether (sulfide) groups is 1. The molecule has 0 bridgehead atoms. The van der Waals surface area contributed by atoms with Crippen molar-refractivity contribution in [3.05, 3.63) is 18.0 Å². The number of hydrogen-bond donors (Lipinski definition) is 3. The molecular weight excluding hydrogens is 332 g/mol. The van der Waals surface area contributed by atoms with Gasteiger partial charge in [0.2, 0.25) is 0 Å². The minimum absolute atomic E-state index is 0.0900. The molecule has 0 unspecified atom stereocenters.